The number of rotatable bonds is 8. The van der Waals surface area contributed by atoms with E-state index in [1.165, 1.54) is 38.8 Å². The second kappa shape index (κ2) is 11.8. The van der Waals surface area contributed by atoms with Crippen LogP contribution in [0.3, 0.4) is 0 Å². The predicted octanol–water partition coefficient (Wildman–Crippen LogP) is 5.27. The van der Waals surface area contributed by atoms with E-state index in [1.807, 2.05) is 7.05 Å². The summed E-state index contributed by atoms with van der Waals surface area (Å²) in [5.41, 5.74) is 0. The van der Waals surface area contributed by atoms with Crippen LogP contribution >= 0.6 is 11.6 Å². The Morgan fingerprint density at radius 1 is 1.07 bits per heavy atom. The Morgan fingerprint density at radius 3 is 2.45 bits per heavy atom. The Kier molecular flexibility index (Phi) is 9.09. The minimum atomic E-state index is -0.311. The molecule has 29 heavy (non-hydrogen) atoms. The molecule has 1 heterocycles. The van der Waals surface area contributed by atoms with Gasteiger partial charge in [-0.2, -0.15) is 0 Å². The van der Waals surface area contributed by atoms with Crippen molar-refractivity contribution in [3.63, 3.8) is 0 Å². The summed E-state index contributed by atoms with van der Waals surface area (Å²) in [4.78, 5) is 14.1. The average molecular weight is 423 g/mol. The highest BCUT2D eigenvalue weighted by atomic mass is 35.5. The molecule has 0 bridgehead atoms. The van der Waals surface area contributed by atoms with Gasteiger partial charge >= 0.3 is 6.09 Å². The maximum absolute atomic E-state index is 12.4. The smallest absolute Gasteiger partial charge is 0.410 e. The van der Waals surface area contributed by atoms with Crippen LogP contribution in [0.25, 0.3) is 0 Å². The van der Waals surface area contributed by atoms with Gasteiger partial charge in [-0.1, -0.05) is 24.4 Å². The van der Waals surface area contributed by atoms with Gasteiger partial charge in [0.1, 0.15) is 5.75 Å². The maximum Gasteiger partial charge on any atom is 0.415 e. The van der Waals surface area contributed by atoms with Gasteiger partial charge in [0.25, 0.3) is 0 Å². The number of amides is 1. The summed E-state index contributed by atoms with van der Waals surface area (Å²) in [6.07, 6.45) is 10.4. The summed E-state index contributed by atoms with van der Waals surface area (Å²) < 4.78 is 11.6. The zero-order valence-corrected chi connectivity index (χ0v) is 18.3. The highest BCUT2D eigenvalue weighted by molar-refractivity contribution is 6.30. The van der Waals surface area contributed by atoms with E-state index in [0.29, 0.717) is 16.9 Å². The van der Waals surface area contributed by atoms with Crippen molar-refractivity contribution in [2.45, 2.75) is 69.9 Å². The van der Waals surface area contributed by atoms with Gasteiger partial charge in [0, 0.05) is 24.7 Å². The molecule has 1 saturated carbocycles. The molecule has 3 rings (SSSR count). The Bertz CT molecular complexity index is 611. The number of nitrogens with one attached hydrogen (secondary N) is 1. The lowest BCUT2D eigenvalue weighted by Gasteiger charge is -2.34. The van der Waals surface area contributed by atoms with Crippen molar-refractivity contribution >= 4 is 17.7 Å². The zero-order valence-electron chi connectivity index (χ0n) is 17.6. The molecule has 0 spiro atoms. The fourth-order valence-corrected chi connectivity index (χ4v) is 4.51. The van der Waals surface area contributed by atoms with Crippen LogP contribution in [0.1, 0.15) is 57.8 Å². The average Bonchev–Trinajstić information content (AvgIpc) is 2.76. The lowest BCUT2D eigenvalue weighted by atomic mass is 9.92. The van der Waals surface area contributed by atoms with Crippen molar-refractivity contribution < 1.29 is 14.3 Å². The third kappa shape index (κ3) is 7.47. The molecule has 0 aromatic heterocycles. The first-order valence-corrected chi connectivity index (χ1v) is 11.5. The van der Waals surface area contributed by atoms with Gasteiger partial charge in [-0.05, 0) is 88.2 Å². The summed E-state index contributed by atoms with van der Waals surface area (Å²) >= 11 is 5.87. The molecule has 1 aliphatic carbocycles. The Labute approximate surface area is 180 Å². The molecule has 2 fully saturated rings. The molecule has 162 valence electrons. The van der Waals surface area contributed by atoms with Crippen molar-refractivity contribution in [2.24, 2.45) is 5.92 Å². The van der Waals surface area contributed by atoms with E-state index in [0.717, 1.165) is 44.6 Å². The van der Waals surface area contributed by atoms with Gasteiger partial charge in [-0.15, -0.1) is 0 Å². The standard InChI is InChI=1S/C23H35ClN2O3/c1-26(23(27)29-22-9-5-19(24)6-10-22)20-7-11-21(12-8-20)28-17-3-2-4-18-13-15-25-16-14-18/h5-6,9-10,18,20-21,25H,2-4,7-8,11-17H2,1H3. The van der Waals surface area contributed by atoms with E-state index in [4.69, 9.17) is 21.1 Å². The van der Waals surface area contributed by atoms with E-state index < -0.39 is 0 Å². The quantitative estimate of drug-likeness (QED) is 0.580. The third-order valence-electron chi connectivity index (χ3n) is 6.32. The monoisotopic (exact) mass is 422 g/mol. The Hall–Kier alpha value is -1.30. The molecule has 1 saturated heterocycles. The van der Waals surface area contributed by atoms with Gasteiger partial charge < -0.3 is 19.7 Å². The lowest BCUT2D eigenvalue weighted by molar-refractivity contribution is 0.0101. The molecule has 0 radical (unpaired) electrons. The molecule has 2 aliphatic rings. The van der Waals surface area contributed by atoms with Crippen molar-refractivity contribution in [2.75, 3.05) is 26.7 Å². The number of ether oxygens (including phenoxy) is 2. The van der Waals surface area contributed by atoms with E-state index in [9.17, 15) is 4.79 Å². The van der Waals surface area contributed by atoms with Gasteiger partial charge in [-0.3, -0.25) is 0 Å². The Balaban J connectivity index is 1.28. The van der Waals surface area contributed by atoms with Crippen LogP contribution in [0.2, 0.25) is 5.02 Å². The molecule has 0 unspecified atom stereocenters. The summed E-state index contributed by atoms with van der Waals surface area (Å²) in [5, 5.41) is 4.06. The van der Waals surface area contributed by atoms with Crippen LogP contribution in [0.15, 0.2) is 24.3 Å². The topological polar surface area (TPSA) is 50.8 Å². The summed E-state index contributed by atoms with van der Waals surface area (Å²) in [6, 6.07) is 7.08. The SMILES string of the molecule is CN(C(=O)Oc1ccc(Cl)cc1)C1CCC(OCCCCC2CCNCC2)CC1. The molecular weight excluding hydrogens is 388 g/mol. The van der Waals surface area contributed by atoms with E-state index in [2.05, 4.69) is 5.32 Å². The number of unbranched alkanes of at least 4 members (excludes halogenated alkanes) is 1. The zero-order chi connectivity index (χ0) is 20.5. The first-order chi connectivity index (χ1) is 14.1. The van der Waals surface area contributed by atoms with Gasteiger partial charge in [0.15, 0.2) is 0 Å². The van der Waals surface area contributed by atoms with Crippen LogP contribution in [-0.4, -0.2) is 49.9 Å². The third-order valence-corrected chi connectivity index (χ3v) is 6.57. The fourth-order valence-electron chi connectivity index (χ4n) is 4.38. The van der Waals surface area contributed by atoms with Crippen LogP contribution < -0.4 is 10.1 Å². The lowest BCUT2D eigenvalue weighted by Crippen LogP contribution is -2.42. The van der Waals surface area contributed by atoms with Gasteiger partial charge in [-0.25, -0.2) is 4.79 Å². The number of benzene rings is 1. The normalized spacial score (nSPS) is 23.0. The number of hydrogen-bond acceptors (Lipinski definition) is 4. The molecule has 1 aromatic rings. The maximum atomic E-state index is 12.4. The number of hydrogen-bond donors (Lipinski definition) is 1. The second-order valence-corrected chi connectivity index (χ2v) is 8.86. The van der Waals surface area contributed by atoms with Crippen LogP contribution in [0.4, 0.5) is 4.79 Å². The molecule has 1 amide bonds. The molecule has 1 N–H and O–H groups in total. The molecule has 6 heteroatoms. The molecule has 1 aromatic carbocycles. The van der Waals surface area contributed by atoms with Crippen LogP contribution in [-0.2, 0) is 4.74 Å². The van der Waals surface area contributed by atoms with Gasteiger partial charge in [0.05, 0.1) is 6.10 Å². The van der Waals surface area contributed by atoms with E-state index in [-0.39, 0.29) is 12.1 Å². The van der Waals surface area contributed by atoms with E-state index >= 15 is 0 Å². The predicted molar refractivity (Wildman–Crippen MR) is 117 cm³/mol. The number of nitrogens with zero attached hydrogens (tertiary/aromatic N) is 1. The largest absolute Gasteiger partial charge is 0.415 e. The fraction of sp³-hybridized carbons (Fsp3) is 0.696. The van der Waals surface area contributed by atoms with Crippen LogP contribution in [0.5, 0.6) is 5.75 Å². The molecule has 5 nitrogen and oxygen atoms in total. The van der Waals surface area contributed by atoms with Crippen molar-refractivity contribution in [3.8, 4) is 5.75 Å². The molecular formula is C23H35ClN2O3. The molecule has 1 aliphatic heterocycles. The van der Waals surface area contributed by atoms with Crippen molar-refractivity contribution in [3.05, 3.63) is 29.3 Å². The first-order valence-electron chi connectivity index (χ1n) is 11.1. The number of piperidine rings is 1. The van der Waals surface area contributed by atoms with Crippen LogP contribution in [0, 0.1) is 5.92 Å². The highest BCUT2D eigenvalue weighted by Crippen LogP contribution is 2.26. The summed E-state index contributed by atoms with van der Waals surface area (Å²) in [7, 11) is 1.82. The van der Waals surface area contributed by atoms with Gasteiger partial charge in [0.2, 0.25) is 0 Å². The van der Waals surface area contributed by atoms with Crippen molar-refractivity contribution in [1.29, 1.82) is 0 Å². The molecule has 0 atom stereocenters. The number of carbonyl (C=O) groups is 1. The number of halogens is 1. The minimum absolute atomic E-state index is 0.217. The summed E-state index contributed by atoms with van der Waals surface area (Å²) in [6.45, 7) is 3.24. The highest BCUT2D eigenvalue weighted by Gasteiger charge is 2.28. The van der Waals surface area contributed by atoms with Crippen molar-refractivity contribution in [1.82, 2.24) is 10.2 Å². The minimum Gasteiger partial charge on any atom is -0.410 e. The summed E-state index contributed by atoms with van der Waals surface area (Å²) in [5.74, 6) is 1.43. The first kappa shape index (κ1) is 22.4. The second-order valence-electron chi connectivity index (χ2n) is 8.42. The number of carbonyl (C=O) groups excluding carboxylic acids is 1. The van der Waals surface area contributed by atoms with E-state index in [1.54, 1.807) is 29.2 Å². The Morgan fingerprint density at radius 2 is 1.76 bits per heavy atom.